The Hall–Kier alpha value is -1.58. The summed E-state index contributed by atoms with van der Waals surface area (Å²) in [6.45, 7) is 6.54. The van der Waals surface area contributed by atoms with E-state index in [0.717, 1.165) is 36.4 Å². The highest BCUT2D eigenvalue weighted by molar-refractivity contribution is 5.88. The van der Waals surface area contributed by atoms with E-state index in [2.05, 4.69) is 5.16 Å². The Morgan fingerprint density at radius 3 is 2.94 bits per heavy atom. The van der Waals surface area contributed by atoms with Gasteiger partial charge in [-0.05, 0) is 33.6 Å². The summed E-state index contributed by atoms with van der Waals surface area (Å²) in [7, 11) is 0. The standard InChI is InChI=1S/C13H18N2O2/c1-9(2)7-13(16)15-6-4-5-12(15)11-8-10(3)17-14-11/h7-8,12H,4-6H2,1-3H3/t12-/m0/s1. The molecule has 2 heterocycles. The van der Waals surface area contributed by atoms with Gasteiger partial charge in [-0.15, -0.1) is 0 Å². The fraction of sp³-hybridized carbons (Fsp3) is 0.538. The molecule has 2 rings (SSSR count). The molecule has 1 aliphatic heterocycles. The van der Waals surface area contributed by atoms with Gasteiger partial charge in [-0.3, -0.25) is 4.79 Å². The van der Waals surface area contributed by atoms with Gasteiger partial charge in [0.2, 0.25) is 5.91 Å². The van der Waals surface area contributed by atoms with Crippen LogP contribution < -0.4 is 0 Å². The maximum Gasteiger partial charge on any atom is 0.247 e. The largest absolute Gasteiger partial charge is 0.361 e. The van der Waals surface area contributed by atoms with E-state index in [1.165, 1.54) is 0 Å². The lowest BCUT2D eigenvalue weighted by Crippen LogP contribution is -2.29. The second-order valence-electron chi connectivity index (χ2n) is 4.77. The molecular formula is C13H18N2O2. The van der Waals surface area contributed by atoms with Gasteiger partial charge in [0, 0.05) is 18.7 Å². The van der Waals surface area contributed by atoms with Crippen LogP contribution in [0.1, 0.15) is 44.2 Å². The van der Waals surface area contributed by atoms with E-state index in [0.29, 0.717) is 0 Å². The predicted octanol–water partition coefficient (Wildman–Crippen LogP) is 2.61. The van der Waals surface area contributed by atoms with Crippen LogP contribution in [0.4, 0.5) is 0 Å². The lowest BCUT2D eigenvalue weighted by molar-refractivity contribution is -0.127. The van der Waals surface area contributed by atoms with Gasteiger partial charge in [0.05, 0.1) is 6.04 Å². The Morgan fingerprint density at radius 1 is 1.59 bits per heavy atom. The number of likely N-dealkylation sites (tertiary alicyclic amines) is 1. The van der Waals surface area contributed by atoms with Crippen LogP contribution in [0, 0.1) is 6.92 Å². The van der Waals surface area contributed by atoms with E-state index in [1.807, 2.05) is 31.7 Å². The van der Waals surface area contributed by atoms with E-state index in [-0.39, 0.29) is 11.9 Å². The molecule has 0 unspecified atom stereocenters. The normalized spacial score (nSPS) is 19.5. The van der Waals surface area contributed by atoms with E-state index >= 15 is 0 Å². The minimum Gasteiger partial charge on any atom is -0.361 e. The first-order valence-corrected chi connectivity index (χ1v) is 5.96. The molecule has 1 amide bonds. The highest BCUT2D eigenvalue weighted by Gasteiger charge is 2.30. The van der Waals surface area contributed by atoms with Crippen molar-refractivity contribution < 1.29 is 9.32 Å². The average Bonchev–Trinajstić information content (AvgIpc) is 2.83. The molecule has 1 aliphatic rings. The summed E-state index contributed by atoms with van der Waals surface area (Å²) < 4.78 is 5.08. The van der Waals surface area contributed by atoms with Gasteiger partial charge >= 0.3 is 0 Å². The molecule has 1 aromatic rings. The second-order valence-corrected chi connectivity index (χ2v) is 4.77. The summed E-state index contributed by atoms with van der Waals surface area (Å²) in [6, 6.07) is 1.99. The SMILES string of the molecule is CC(C)=CC(=O)N1CCC[C@H]1c1cc(C)on1. The molecule has 92 valence electrons. The van der Waals surface area contributed by atoms with E-state index < -0.39 is 0 Å². The molecule has 1 fully saturated rings. The molecule has 0 spiro atoms. The van der Waals surface area contributed by atoms with Gasteiger partial charge in [0.25, 0.3) is 0 Å². The van der Waals surface area contributed by atoms with Crippen LogP contribution in [0.25, 0.3) is 0 Å². The third-order valence-electron chi connectivity index (χ3n) is 2.94. The summed E-state index contributed by atoms with van der Waals surface area (Å²) in [6.07, 6.45) is 3.68. The van der Waals surface area contributed by atoms with Crippen LogP contribution in [-0.4, -0.2) is 22.5 Å². The van der Waals surface area contributed by atoms with Gasteiger partial charge in [0.1, 0.15) is 11.5 Å². The third-order valence-corrected chi connectivity index (χ3v) is 2.94. The minimum absolute atomic E-state index is 0.0770. The van der Waals surface area contributed by atoms with Crippen molar-refractivity contribution in [1.29, 1.82) is 0 Å². The number of aryl methyl sites for hydroxylation is 1. The van der Waals surface area contributed by atoms with Crippen molar-refractivity contribution in [3.05, 3.63) is 29.2 Å². The van der Waals surface area contributed by atoms with Crippen LogP contribution in [0.3, 0.4) is 0 Å². The number of allylic oxidation sites excluding steroid dienone is 1. The molecule has 1 aromatic heterocycles. The average molecular weight is 234 g/mol. The van der Waals surface area contributed by atoms with Crippen molar-refractivity contribution in [2.24, 2.45) is 0 Å². The van der Waals surface area contributed by atoms with Gasteiger partial charge < -0.3 is 9.42 Å². The van der Waals surface area contributed by atoms with Crippen LogP contribution in [0.5, 0.6) is 0 Å². The number of carbonyl (C=O) groups is 1. The smallest absolute Gasteiger partial charge is 0.247 e. The van der Waals surface area contributed by atoms with Crippen LogP contribution in [-0.2, 0) is 4.79 Å². The van der Waals surface area contributed by atoms with Gasteiger partial charge in [-0.25, -0.2) is 0 Å². The molecule has 0 radical (unpaired) electrons. The van der Waals surface area contributed by atoms with Crippen molar-refractivity contribution in [2.45, 2.75) is 39.7 Å². The topological polar surface area (TPSA) is 46.3 Å². The van der Waals surface area contributed by atoms with Crippen molar-refractivity contribution in [3.63, 3.8) is 0 Å². The molecule has 4 nitrogen and oxygen atoms in total. The lowest BCUT2D eigenvalue weighted by Gasteiger charge is -2.21. The fourth-order valence-corrected chi connectivity index (χ4v) is 2.21. The number of carbonyl (C=O) groups excluding carboxylic acids is 1. The molecule has 0 N–H and O–H groups in total. The van der Waals surface area contributed by atoms with Crippen LogP contribution in [0.15, 0.2) is 22.2 Å². The van der Waals surface area contributed by atoms with E-state index in [4.69, 9.17) is 4.52 Å². The second kappa shape index (κ2) is 4.73. The Bertz CT molecular complexity index is 444. The summed E-state index contributed by atoms with van der Waals surface area (Å²) in [5.41, 5.74) is 1.90. The number of hydrogen-bond acceptors (Lipinski definition) is 3. The van der Waals surface area contributed by atoms with Crippen LogP contribution >= 0.6 is 0 Å². The Balaban J connectivity index is 2.18. The first-order chi connectivity index (χ1) is 8.08. The molecule has 0 aromatic carbocycles. The quantitative estimate of drug-likeness (QED) is 0.739. The fourth-order valence-electron chi connectivity index (χ4n) is 2.21. The summed E-state index contributed by atoms with van der Waals surface area (Å²) in [4.78, 5) is 13.9. The summed E-state index contributed by atoms with van der Waals surface area (Å²) in [5.74, 6) is 0.870. The molecule has 1 atom stereocenters. The van der Waals surface area contributed by atoms with Crippen molar-refractivity contribution in [3.8, 4) is 0 Å². The highest BCUT2D eigenvalue weighted by atomic mass is 16.5. The zero-order valence-corrected chi connectivity index (χ0v) is 10.6. The maximum absolute atomic E-state index is 12.0. The molecule has 0 aliphatic carbocycles. The van der Waals surface area contributed by atoms with E-state index in [9.17, 15) is 4.79 Å². The summed E-state index contributed by atoms with van der Waals surface area (Å²) >= 11 is 0. The molecule has 0 saturated carbocycles. The van der Waals surface area contributed by atoms with Crippen molar-refractivity contribution >= 4 is 5.91 Å². The monoisotopic (exact) mass is 234 g/mol. The summed E-state index contributed by atoms with van der Waals surface area (Å²) in [5, 5.41) is 4.02. The number of amides is 1. The Kier molecular flexibility index (Phi) is 3.31. The number of aromatic nitrogens is 1. The van der Waals surface area contributed by atoms with Crippen molar-refractivity contribution in [1.82, 2.24) is 10.1 Å². The van der Waals surface area contributed by atoms with Gasteiger partial charge in [-0.2, -0.15) is 0 Å². The molecular weight excluding hydrogens is 216 g/mol. The lowest BCUT2D eigenvalue weighted by atomic mass is 10.1. The Morgan fingerprint density at radius 2 is 2.35 bits per heavy atom. The molecule has 4 heteroatoms. The van der Waals surface area contributed by atoms with Crippen molar-refractivity contribution in [2.75, 3.05) is 6.54 Å². The first kappa shape index (κ1) is 11.9. The molecule has 1 saturated heterocycles. The van der Waals surface area contributed by atoms with Gasteiger partial charge in [0.15, 0.2) is 0 Å². The molecule has 17 heavy (non-hydrogen) atoms. The number of hydrogen-bond donors (Lipinski definition) is 0. The maximum atomic E-state index is 12.0. The third kappa shape index (κ3) is 2.57. The highest BCUT2D eigenvalue weighted by Crippen LogP contribution is 2.31. The van der Waals surface area contributed by atoms with E-state index in [1.54, 1.807) is 6.08 Å². The predicted molar refractivity (Wildman–Crippen MR) is 64.4 cm³/mol. The zero-order valence-electron chi connectivity index (χ0n) is 10.6. The molecule has 0 bridgehead atoms. The zero-order chi connectivity index (χ0) is 12.4. The number of rotatable bonds is 2. The van der Waals surface area contributed by atoms with Crippen LogP contribution in [0.2, 0.25) is 0 Å². The Labute approximate surface area is 101 Å². The number of nitrogens with zero attached hydrogens (tertiary/aromatic N) is 2. The van der Waals surface area contributed by atoms with Gasteiger partial charge in [-0.1, -0.05) is 10.7 Å². The minimum atomic E-state index is 0.0770. The first-order valence-electron chi connectivity index (χ1n) is 5.96.